The third-order valence-corrected chi connectivity index (χ3v) is 4.13. The van der Waals surface area contributed by atoms with Gasteiger partial charge in [-0.3, -0.25) is 4.79 Å². The molecule has 1 fully saturated rings. The summed E-state index contributed by atoms with van der Waals surface area (Å²) in [5.74, 6) is 2.03. The van der Waals surface area contributed by atoms with Gasteiger partial charge in [0.05, 0.1) is 6.54 Å². The number of aliphatic imine (C=N–C) groups is 1. The van der Waals surface area contributed by atoms with Crippen LogP contribution in [0.5, 0.6) is 5.75 Å². The summed E-state index contributed by atoms with van der Waals surface area (Å²) in [6, 6.07) is 8.03. The van der Waals surface area contributed by atoms with E-state index in [0.29, 0.717) is 26.2 Å². The topological polar surface area (TPSA) is 78.0 Å². The molecule has 0 atom stereocenters. The molecule has 2 rings (SSSR count). The zero-order chi connectivity index (χ0) is 19.5. The number of guanidine groups is 1. The van der Waals surface area contributed by atoms with Crippen LogP contribution in [0.2, 0.25) is 0 Å². The van der Waals surface area contributed by atoms with Gasteiger partial charge in [0.25, 0.3) is 0 Å². The van der Waals surface area contributed by atoms with E-state index in [9.17, 15) is 4.79 Å². The van der Waals surface area contributed by atoms with Crippen LogP contribution in [0.4, 0.5) is 0 Å². The van der Waals surface area contributed by atoms with Crippen molar-refractivity contribution in [2.24, 2.45) is 10.9 Å². The number of amides is 1. The van der Waals surface area contributed by atoms with Crippen molar-refractivity contribution in [3.8, 4) is 5.75 Å². The van der Waals surface area contributed by atoms with E-state index in [1.54, 1.807) is 0 Å². The Hall–Kier alpha value is -1.55. The van der Waals surface area contributed by atoms with E-state index >= 15 is 0 Å². The molecule has 0 saturated heterocycles. The lowest BCUT2D eigenvalue weighted by Gasteiger charge is -2.13. The molecule has 8 heteroatoms. The highest BCUT2D eigenvalue weighted by molar-refractivity contribution is 14.0. The first-order valence-corrected chi connectivity index (χ1v) is 9.75. The maximum Gasteiger partial charge on any atom is 0.223 e. The Morgan fingerprint density at radius 3 is 2.64 bits per heavy atom. The summed E-state index contributed by atoms with van der Waals surface area (Å²) in [7, 11) is 4.06. The van der Waals surface area contributed by atoms with E-state index in [2.05, 4.69) is 25.8 Å². The largest absolute Gasteiger partial charge is 0.492 e. The number of nitrogens with one attached hydrogen (secondary N) is 3. The quantitative estimate of drug-likeness (QED) is 0.186. The Bertz CT molecular complexity index is 620. The van der Waals surface area contributed by atoms with Crippen LogP contribution in [0.3, 0.4) is 0 Å². The third-order valence-electron chi connectivity index (χ3n) is 4.13. The van der Waals surface area contributed by atoms with Crippen LogP contribution in [0.25, 0.3) is 0 Å². The number of halogens is 1. The van der Waals surface area contributed by atoms with E-state index in [4.69, 9.17) is 4.74 Å². The van der Waals surface area contributed by atoms with Crippen molar-refractivity contribution >= 4 is 35.8 Å². The highest BCUT2D eigenvalue weighted by Crippen LogP contribution is 2.28. The van der Waals surface area contributed by atoms with E-state index in [0.717, 1.165) is 43.2 Å². The van der Waals surface area contributed by atoms with Gasteiger partial charge in [-0.15, -0.1) is 24.0 Å². The third kappa shape index (κ3) is 10.1. The van der Waals surface area contributed by atoms with Gasteiger partial charge in [-0.1, -0.05) is 12.1 Å². The molecule has 0 spiro atoms. The lowest BCUT2D eigenvalue weighted by Crippen LogP contribution is -2.41. The SMILES string of the molecule is CCNC(=NCc1cccc(OCCN(C)C)c1)NCCNC(=O)C1CC1.I. The van der Waals surface area contributed by atoms with E-state index < -0.39 is 0 Å². The van der Waals surface area contributed by atoms with Crippen molar-refractivity contribution in [3.63, 3.8) is 0 Å². The van der Waals surface area contributed by atoms with Crippen LogP contribution < -0.4 is 20.7 Å². The normalized spacial score (nSPS) is 13.6. The van der Waals surface area contributed by atoms with Crippen LogP contribution in [0.15, 0.2) is 29.3 Å². The molecule has 1 aliphatic carbocycles. The van der Waals surface area contributed by atoms with Crippen molar-refractivity contribution in [1.82, 2.24) is 20.9 Å². The number of carbonyl (C=O) groups excluding carboxylic acids is 1. The Morgan fingerprint density at radius 2 is 1.96 bits per heavy atom. The maximum absolute atomic E-state index is 11.6. The number of nitrogens with zero attached hydrogens (tertiary/aromatic N) is 2. The molecule has 1 amide bonds. The minimum atomic E-state index is 0. The fourth-order valence-electron chi connectivity index (χ4n) is 2.45. The molecule has 28 heavy (non-hydrogen) atoms. The molecule has 0 radical (unpaired) electrons. The molecular weight excluding hydrogens is 469 g/mol. The minimum Gasteiger partial charge on any atom is -0.492 e. The average Bonchev–Trinajstić information content (AvgIpc) is 3.48. The first kappa shape index (κ1) is 24.5. The zero-order valence-corrected chi connectivity index (χ0v) is 19.5. The first-order chi connectivity index (χ1) is 13.1. The lowest BCUT2D eigenvalue weighted by molar-refractivity contribution is -0.122. The molecule has 0 bridgehead atoms. The van der Waals surface area contributed by atoms with Crippen LogP contribution in [-0.4, -0.2) is 63.6 Å². The Morgan fingerprint density at radius 1 is 1.21 bits per heavy atom. The summed E-state index contributed by atoms with van der Waals surface area (Å²) in [6.45, 7) is 6.19. The van der Waals surface area contributed by atoms with Gasteiger partial charge in [0.2, 0.25) is 5.91 Å². The van der Waals surface area contributed by atoms with Crippen molar-refractivity contribution in [1.29, 1.82) is 0 Å². The molecule has 158 valence electrons. The van der Waals surface area contributed by atoms with Crippen molar-refractivity contribution in [2.75, 3.05) is 46.9 Å². The number of carbonyl (C=O) groups is 1. The highest BCUT2D eigenvalue weighted by Gasteiger charge is 2.28. The molecule has 1 aromatic rings. The van der Waals surface area contributed by atoms with Gasteiger partial charge in [0, 0.05) is 32.1 Å². The number of hydrogen-bond acceptors (Lipinski definition) is 4. The van der Waals surface area contributed by atoms with E-state index in [1.165, 1.54) is 0 Å². The summed E-state index contributed by atoms with van der Waals surface area (Å²) >= 11 is 0. The van der Waals surface area contributed by atoms with Crippen LogP contribution in [0, 0.1) is 5.92 Å². The first-order valence-electron chi connectivity index (χ1n) is 9.75. The summed E-state index contributed by atoms with van der Waals surface area (Å²) in [4.78, 5) is 18.3. The molecule has 0 heterocycles. The zero-order valence-electron chi connectivity index (χ0n) is 17.2. The standard InChI is InChI=1S/C20H33N5O2.HI/c1-4-21-20(23-11-10-22-19(26)17-8-9-17)24-15-16-6-5-7-18(14-16)27-13-12-25(2)3;/h5-7,14,17H,4,8-13,15H2,1-3H3,(H,22,26)(H2,21,23,24);1H. The van der Waals surface area contributed by atoms with Gasteiger partial charge >= 0.3 is 0 Å². The van der Waals surface area contributed by atoms with E-state index in [-0.39, 0.29) is 35.8 Å². The van der Waals surface area contributed by atoms with Crippen LogP contribution >= 0.6 is 24.0 Å². The molecule has 0 unspecified atom stereocenters. The molecule has 3 N–H and O–H groups in total. The number of benzene rings is 1. The second-order valence-corrected chi connectivity index (χ2v) is 6.99. The van der Waals surface area contributed by atoms with Crippen LogP contribution in [-0.2, 0) is 11.3 Å². The van der Waals surface area contributed by atoms with Crippen molar-refractivity contribution in [2.45, 2.75) is 26.3 Å². The summed E-state index contributed by atoms with van der Waals surface area (Å²) in [6.07, 6.45) is 2.06. The minimum absolute atomic E-state index is 0. The second-order valence-electron chi connectivity index (χ2n) is 6.99. The van der Waals surface area contributed by atoms with Crippen molar-refractivity contribution in [3.05, 3.63) is 29.8 Å². The molecule has 0 aromatic heterocycles. The fraction of sp³-hybridized carbons (Fsp3) is 0.600. The summed E-state index contributed by atoms with van der Waals surface area (Å²) < 4.78 is 5.78. The summed E-state index contributed by atoms with van der Waals surface area (Å²) in [5.41, 5.74) is 1.09. The predicted octanol–water partition coefficient (Wildman–Crippen LogP) is 1.83. The smallest absolute Gasteiger partial charge is 0.223 e. The van der Waals surface area contributed by atoms with Gasteiger partial charge in [0.15, 0.2) is 5.96 Å². The monoisotopic (exact) mass is 503 g/mol. The van der Waals surface area contributed by atoms with Crippen molar-refractivity contribution < 1.29 is 9.53 Å². The van der Waals surface area contributed by atoms with Gasteiger partial charge in [-0.25, -0.2) is 4.99 Å². The highest BCUT2D eigenvalue weighted by atomic mass is 127. The molecule has 0 aliphatic heterocycles. The average molecular weight is 503 g/mol. The molecular formula is C20H34IN5O2. The van der Waals surface area contributed by atoms with E-state index in [1.807, 2.05) is 45.3 Å². The van der Waals surface area contributed by atoms with Crippen LogP contribution in [0.1, 0.15) is 25.3 Å². The Balaban J connectivity index is 0.00000392. The summed E-state index contributed by atoms with van der Waals surface area (Å²) in [5, 5.41) is 9.43. The lowest BCUT2D eigenvalue weighted by atomic mass is 10.2. The predicted molar refractivity (Wildman–Crippen MR) is 124 cm³/mol. The van der Waals surface area contributed by atoms with Gasteiger partial charge in [-0.2, -0.15) is 0 Å². The van der Waals surface area contributed by atoms with Gasteiger partial charge in [-0.05, 0) is 51.6 Å². The maximum atomic E-state index is 11.6. The Kier molecular flexibility index (Phi) is 11.9. The number of ether oxygens (including phenoxy) is 1. The number of likely N-dealkylation sites (N-methyl/N-ethyl adjacent to an activating group) is 1. The van der Waals surface area contributed by atoms with Gasteiger partial charge in [0.1, 0.15) is 12.4 Å². The molecule has 1 saturated carbocycles. The second kappa shape index (κ2) is 13.6. The Labute approximate surface area is 185 Å². The number of rotatable bonds is 11. The fourth-order valence-corrected chi connectivity index (χ4v) is 2.45. The number of hydrogen-bond donors (Lipinski definition) is 3. The van der Waals surface area contributed by atoms with Gasteiger partial charge < -0.3 is 25.6 Å². The molecule has 1 aromatic carbocycles. The molecule has 1 aliphatic rings. The molecule has 7 nitrogen and oxygen atoms in total.